The topological polar surface area (TPSA) is 100 Å². The fourth-order valence-corrected chi connectivity index (χ4v) is 4.39. The number of hydrogen-bond donors (Lipinski definition) is 0. The summed E-state index contributed by atoms with van der Waals surface area (Å²) in [4.78, 5) is 23.3. The molecule has 0 heterocycles. The van der Waals surface area contributed by atoms with Crippen LogP contribution in [0, 0.1) is 47.3 Å². The molecule has 4 aromatic rings. The summed E-state index contributed by atoms with van der Waals surface area (Å²) < 4.78 is 10.3. The van der Waals surface area contributed by atoms with Crippen LogP contribution in [0.25, 0.3) is 16.7 Å². The molecule has 0 radical (unpaired) electrons. The highest BCUT2D eigenvalue weighted by atomic mass is 16.5. The molecule has 0 aromatic heterocycles. The van der Waals surface area contributed by atoms with Crippen molar-refractivity contribution in [2.45, 2.75) is 6.92 Å². The summed E-state index contributed by atoms with van der Waals surface area (Å²) >= 11 is 0. The van der Waals surface area contributed by atoms with Crippen LogP contribution in [0.2, 0.25) is 0 Å². The van der Waals surface area contributed by atoms with E-state index in [1.54, 1.807) is 31.2 Å². The van der Waals surface area contributed by atoms with Crippen LogP contribution in [0.1, 0.15) is 34.7 Å². The van der Waals surface area contributed by atoms with Crippen molar-refractivity contribution in [3.8, 4) is 48.3 Å². The molecule has 0 bridgehead atoms. The number of nitrogens with zero attached hydrogens (tertiary/aromatic N) is 2. The van der Waals surface area contributed by atoms with Crippen molar-refractivity contribution in [2.24, 2.45) is 0 Å². The predicted octanol–water partition coefficient (Wildman–Crippen LogP) is 6.59. The molecule has 6 heteroatoms. The summed E-state index contributed by atoms with van der Waals surface area (Å²) in [7, 11) is 0. The van der Waals surface area contributed by atoms with Gasteiger partial charge in [-0.15, -0.1) is 12.8 Å². The number of carbonyl (C=O) groups excluding carboxylic acids is 2. The number of rotatable bonds is 7. The van der Waals surface area contributed by atoms with E-state index in [1.807, 2.05) is 103 Å². The van der Waals surface area contributed by atoms with Gasteiger partial charge in [0.25, 0.3) is 0 Å². The molecule has 4 rings (SSSR count). The lowest BCUT2D eigenvalue weighted by atomic mass is 9.85. The van der Waals surface area contributed by atoms with Crippen LogP contribution >= 0.6 is 0 Å². The molecule has 0 N–H and O–H groups in total. The average molecular weight is 559 g/mol. The number of terminal acetylenes is 2. The molecule has 0 atom stereocenters. The van der Waals surface area contributed by atoms with Gasteiger partial charge in [0.2, 0.25) is 0 Å². The number of esters is 2. The molecule has 4 aromatic carbocycles. The maximum Gasteiger partial charge on any atom is 0.389 e. The summed E-state index contributed by atoms with van der Waals surface area (Å²) in [6.45, 7) is 1.74. The number of hydrogen-bond acceptors (Lipinski definition) is 6. The quantitative estimate of drug-likeness (QED) is 0.0633. The molecule has 0 spiro atoms. The Kier molecular flexibility index (Phi) is 9.33. The zero-order chi connectivity index (χ0) is 30.8. The van der Waals surface area contributed by atoms with Gasteiger partial charge in [-0.3, -0.25) is 0 Å². The van der Waals surface area contributed by atoms with Crippen molar-refractivity contribution in [3.05, 3.63) is 137 Å². The molecule has 0 aliphatic heterocycles. The summed E-state index contributed by atoms with van der Waals surface area (Å²) in [6.07, 6.45) is 10.3. The molecule has 204 valence electrons. The highest BCUT2D eigenvalue weighted by Crippen LogP contribution is 2.38. The van der Waals surface area contributed by atoms with E-state index in [0.29, 0.717) is 17.1 Å². The van der Waals surface area contributed by atoms with Gasteiger partial charge in [-0.05, 0) is 75.7 Å². The minimum Gasteiger partial charge on any atom is -0.417 e. The van der Waals surface area contributed by atoms with Gasteiger partial charge in [0.15, 0.2) is 0 Å². The maximum atomic E-state index is 11.6. The predicted molar refractivity (Wildman–Crippen MR) is 164 cm³/mol. The highest BCUT2D eigenvalue weighted by Gasteiger charge is 2.18. The van der Waals surface area contributed by atoms with E-state index in [9.17, 15) is 20.1 Å². The van der Waals surface area contributed by atoms with E-state index in [-0.39, 0.29) is 5.57 Å². The maximum absolute atomic E-state index is 11.6. The van der Waals surface area contributed by atoms with Crippen molar-refractivity contribution in [2.75, 3.05) is 0 Å². The van der Waals surface area contributed by atoms with Crippen molar-refractivity contribution < 1.29 is 19.1 Å². The molecule has 43 heavy (non-hydrogen) atoms. The minimum absolute atomic E-state index is 0.0449. The van der Waals surface area contributed by atoms with Gasteiger partial charge < -0.3 is 9.47 Å². The van der Waals surface area contributed by atoms with Crippen molar-refractivity contribution >= 4 is 28.7 Å². The Morgan fingerprint density at radius 3 is 1.28 bits per heavy atom. The second-order valence-electron chi connectivity index (χ2n) is 9.03. The van der Waals surface area contributed by atoms with Crippen molar-refractivity contribution in [1.82, 2.24) is 0 Å². The van der Waals surface area contributed by atoms with Crippen molar-refractivity contribution in [1.29, 1.82) is 10.5 Å². The third kappa shape index (κ3) is 6.95. The standard InChI is InChI=1S/C37H22N2O4/c1-4-34(40)42-32-19-15-29(16-20-32)37(30-17-21-33(22-18-30)43-35(41)5-2)36(27-9-7-6-8-10-27)28-13-11-26(12-14-28)25(3)31(23-38)24-39/h1-2,6-22H,3H3. The first-order valence-corrected chi connectivity index (χ1v) is 12.9. The zero-order valence-corrected chi connectivity index (χ0v) is 23.0. The Morgan fingerprint density at radius 1 is 0.558 bits per heavy atom. The third-order valence-corrected chi connectivity index (χ3v) is 6.46. The molecule has 0 aliphatic rings. The number of ether oxygens (including phenoxy) is 2. The highest BCUT2D eigenvalue weighted by molar-refractivity contribution is 6.05. The van der Waals surface area contributed by atoms with Crippen LogP contribution in [0.5, 0.6) is 11.5 Å². The van der Waals surface area contributed by atoms with Gasteiger partial charge in [-0.25, -0.2) is 9.59 Å². The Bertz CT molecular complexity index is 1820. The van der Waals surface area contributed by atoms with Gasteiger partial charge >= 0.3 is 11.9 Å². The molecular weight excluding hydrogens is 536 g/mol. The van der Waals surface area contributed by atoms with Crippen LogP contribution in [0.3, 0.4) is 0 Å². The second kappa shape index (κ2) is 13.6. The Balaban J connectivity index is 1.97. The monoisotopic (exact) mass is 558 g/mol. The molecule has 0 unspecified atom stereocenters. The van der Waals surface area contributed by atoms with E-state index >= 15 is 0 Å². The third-order valence-electron chi connectivity index (χ3n) is 6.46. The van der Waals surface area contributed by atoms with Gasteiger partial charge in [0.05, 0.1) is 0 Å². The molecule has 6 nitrogen and oxygen atoms in total. The van der Waals surface area contributed by atoms with Crippen LogP contribution in [-0.4, -0.2) is 11.9 Å². The number of nitriles is 2. The van der Waals surface area contributed by atoms with Crippen LogP contribution in [0.4, 0.5) is 0 Å². The largest absolute Gasteiger partial charge is 0.417 e. The number of carbonyl (C=O) groups is 2. The normalized spacial score (nSPS) is 9.60. The minimum atomic E-state index is -0.800. The first-order valence-electron chi connectivity index (χ1n) is 12.9. The fraction of sp³-hybridized carbons (Fsp3) is 0.0270. The Hall–Kier alpha value is -6.60. The van der Waals surface area contributed by atoms with Crippen LogP contribution in [-0.2, 0) is 9.59 Å². The average Bonchev–Trinajstić information content (AvgIpc) is 3.05. The molecule has 0 saturated carbocycles. The molecular formula is C37H22N2O4. The molecule has 0 aliphatic carbocycles. The van der Waals surface area contributed by atoms with Gasteiger partial charge in [-0.2, -0.15) is 10.5 Å². The van der Waals surface area contributed by atoms with Gasteiger partial charge in [0, 0.05) is 11.8 Å². The Morgan fingerprint density at radius 2 is 0.907 bits per heavy atom. The van der Waals surface area contributed by atoms with Crippen molar-refractivity contribution in [3.63, 3.8) is 0 Å². The van der Waals surface area contributed by atoms with E-state index in [2.05, 4.69) is 0 Å². The lowest BCUT2D eigenvalue weighted by molar-refractivity contribution is -0.128. The van der Waals surface area contributed by atoms with E-state index in [4.69, 9.17) is 22.3 Å². The fourth-order valence-electron chi connectivity index (χ4n) is 4.39. The van der Waals surface area contributed by atoms with Gasteiger partial charge in [-0.1, -0.05) is 78.9 Å². The van der Waals surface area contributed by atoms with Crippen LogP contribution in [0.15, 0.2) is 109 Å². The SMILES string of the molecule is C#CC(=O)Oc1ccc(C(=C(c2ccccc2)c2ccc(C(C)=C(C#N)C#N)cc2)c2ccc(OC(=O)C#C)cc2)cc1. The van der Waals surface area contributed by atoms with Crippen LogP contribution < -0.4 is 9.47 Å². The summed E-state index contributed by atoms with van der Waals surface area (Å²) in [5, 5.41) is 18.7. The van der Waals surface area contributed by atoms with E-state index in [1.165, 1.54) is 0 Å². The second-order valence-corrected chi connectivity index (χ2v) is 9.03. The summed E-state index contributed by atoms with van der Waals surface area (Å²) in [5.41, 5.74) is 6.43. The Labute approximate surface area is 249 Å². The first kappa shape index (κ1) is 29.4. The molecule has 0 amide bonds. The lowest BCUT2D eigenvalue weighted by Gasteiger charge is -2.19. The number of allylic oxidation sites excluding steroid dienone is 2. The number of benzene rings is 4. The summed E-state index contributed by atoms with van der Waals surface area (Å²) in [6, 6.07) is 35.1. The first-order chi connectivity index (χ1) is 20.9. The molecule has 0 saturated heterocycles. The summed E-state index contributed by atoms with van der Waals surface area (Å²) in [5.74, 6) is 2.85. The van der Waals surface area contributed by atoms with Gasteiger partial charge in [0.1, 0.15) is 29.2 Å². The van der Waals surface area contributed by atoms with E-state index < -0.39 is 11.9 Å². The van der Waals surface area contributed by atoms with E-state index in [0.717, 1.165) is 39.0 Å². The lowest BCUT2D eigenvalue weighted by Crippen LogP contribution is -2.04. The zero-order valence-electron chi connectivity index (χ0n) is 23.0. The molecule has 0 fully saturated rings. The smallest absolute Gasteiger partial charge is 0.389 e.